The van der Waals surface area contributed by atoms with Crippen LogP contribution in [0.1, 0.15) is 34.7 Å². The Hall–Kier alpha value is -2.26. The molecule has 4 rings (SSSR count). The second-order valence-corrected chi connectivity index (χ2v) is 7.97. The number of aromatic nitrogens is 1. The minimum atomic E-state index is -0.0679. The third kappa shape index (κ3) is 6.61. The molecule has 0 bridgehead atoms. The van der Waals surface area contributed by atoms with Crippen LogP contribution in [-0.4, -0.2) is 79.6 Å². The summed E-state index contributed by atoms with van der Waals surface area (Å²) in [5.74, 6) is 0.653. The molecule has 8 nitrogen and oxygen atoms in total. The van der Waals surface area contributed by atoms with Crippen molar-refractivity contribution in [2.75, 3.05) is 52.6 Å². The van der Waals surface area contributed by atoms with Gasteiger partial charge in [-0.3, -0.25) is 9.69 Å². The molecule has 1 aromatic heterocycles. The normalized spacial score (nSPS) is 18.4. The molecule has 0 aliphatic carbocycles. The molecule has 2 aliphatic rings. The molecule has 0 atom stereocenters. The Morgan fingerprint density at radius 3 is 2.61 bits per heavy atom. The molecule has 2 fully saturated rings. The Morgan fingerprint density at radius 1 is 1.06 bits per heavy atom. The van der Waals surface area contributed by atoms with E-state index in [0.717, 1.165) is 50.5 Å². The number of amides is 1. The molecular formula is C23H31N3O5. The molecule has 1 aromatic carbocycles. The molecule has 2 aliphatic heterocycles. The van der Waals surface area contributed by atoms with Crippen molar-refractivity contribution in [1.29, 1.82) is 0 Å². The zero-order chi connectivity index (χ0) is 21.3. The molecule has 0 saturated carbocycles. The van der Waals surface area contributed by atoms with Crippen LogP contribution >= 0.6 is 0 Å². The largest absolute Gasteiger partial charge is 0.379 e. The van der Waals surface area contributed by atoms with Gasteiger partial charge in [-0.05, 0) is 18.4 Å². The average Bonchev–Trinajstić information content (AvgIpc) is 3.28. The summed E-state index contributed by atoms with van der Waals surface area (Å²) in [6, 6.07) is 11.9. The molecule has 1 amide bonds. The summed E-state index contributed by atoms with van der Waals surface area (Å²) in [5.41, 5.74) is 1.55. The SMILES string of the molecule is O=C(c1cc(CN2CCOCC2)on1)N1CCC(OCCOCc2ccccc2)CC1. The molecule has 168 valence electrons. The van der Waals surface area contributed by atoms with Gasteiger partial charge in [0.25, 0.3) is 5.91 Å². The quantitative estimate of drug-likeness (QED) is 0.566. The number of benzene rings is 1. The third-order valence-electron chi connectivity index (χ3n) is 5.68. The highest BCUT2D eigenvalue weighted by Crippen LogP contribution is 2.17. The van der Waals surface area contributed by atoms with Crippen molar-refractivity contribution in [3.8, 4) is 0 Å². The minimum absolute atomic E-state index is 0.0679. The highest BCUT2D eigenvalue weighted by Gasteiger charge is 2.26. The van der Waals surface area contributed by atoms with E-state index < -0.39 is 0 Å². The van der Waals surface area contributed by atoms with Gasteiger partial charge in [0.1, 0.15) is 0 Å². The van der Waals surface area contributed by atoms with E-state index in [9.17, 15) is 4.79 Å². The smallest absolute Gasteiger partial charge is 0.276 e. The van der Waals surface area contributed by atoms with E-state index in [4.69, 9.17) is 18.7 Å². The number of morpholine rings is 1. The Kier molecular flexibility index (Phi) is 8.06. The lowest BCUT2D eigenvalue weighted by Gasteiger charge is -2.31. The van der Waals surface area contributed by atoms with E-state index >= 15 is 0 Å². The summed E-state index contributed by atoms with van der Waals surface area (Å²) in [6.07, 6.45) is 1.81. The lowest BCUT2D eigenvalue weighted by molar-refractivity contribution is -0.0230. The van der Waals surface area contributed by atoms with Crippen molar-refractivity contribution in [3.63, 3.8) is 0 Å². The third-order valence-corrected chi connectivity index (χ3v) is 5.68. The summed E-state index contributed by atoms with van der Waals surface area (Å²) in [4.78, 5) is 16.8. The second-order valence-electron chi connectivity index (χ2n) is 7.97. The highest BCUT2D eigenvalue weighted by atomic mass is 16.5. The highest BCUT2D eigenvalue weighted by molar-refractivity contribution is 5.92. The molecule has 31 heavy (non-hydrogen) atoms. The van der Waals surface area contributed by atoms with Crippen LogP contribution in [0.3, 0.4) is 0 Å². The van der Waals surface area contributed by atoms with E-state index in [1.807, 2.05) is 35.2 Å². The van der Waals surface area contributed by atoms with Crippen molar-refractivity contribution >= 4 is 5.91 Å². The Balaban J connectivity index is 1.13. The molecule has 0 spiro atoms. The number of nitrogens with zero attached hydrogens (tertiary/aromatic N) is 3. The van der Waals surface area contributed by atoms with Gasteiger partial charge in [0, 0.05) is 32.2 Å². The van der Waals surface area contributed by atoms with Crippen molar-refractivity contribution < 1.29 is 23.5 Å². The maximum atomic E-state index is 12.8. The number of rotatable bonds is 9. The van der Waals surface area contributed by atoms with Gasteiger partial charge in [0.05, 0.1) is 45.7 Å². The molecule has 0 radical (unpaired) electrons. The number of likely N-dealkylation sites (tertiary alicyclic amines) is 1. The van der Waals surface area contributed by atoms with Gasteiger partial charge < -0.3 is 23.6 Å². The average molecular weight is 430 g/mol. The minimum Gasteiger partial charge on any atom is -0.379 e. The van der Waals surface area contributed by atoms with Gasteiger partial charge in [-0.2, -0.15) is 0 Å². The molecule has 8 heteroatoms. The van der Waals surface area contributed by atoms with Gasteiger partial charge in [-0.1, -0.05) is 35.5 Å². The predicted octanol–water partition coefficient (Wildman–Crippen LogP) is 2.34. The van der Waals surface area contributed by atoms with Crippen LogP contribution in [0.15, 0.2) is 40.9 Å². The zero-order valence-electron chi connectivity index (χ0n) is 17.9. The zero-order valence-corrected chi connectivity index (χ0v) is 17.9. The van der Waals surface area contributed by atoms with E-state index in [1.165, 1.54) is 0 Å². The fourth-order valence-electron chi connectivity index (χ4n) is 3.89. The molecule has 2 saturated heterocycles. The van der Waals surface area contributed by atoms with Crippen molar-refractivity contribution in [1.82, 2.24) is 15.0 Å². The van der Waals surface area contributed by atoms with Crippen LogP contribution in [0.4, 0.5) is 0 Å². The summed E-state index contributed by atoms with van der Waals surface area (Å²) in [7, 11) is 0. The van der Waals surface area contributed by atoms with Crippen LogP contribution in [-0.2, 0) is 27.4 Å². The van der Waals surface area contributed by atoms with Gasteiger partial charge in [0.2, 0.25) is 0 Å². The Bertz CT molecular complexity index is 799. The molecule has 0 N–H and O–H groups in total. The second kappa shape index (κ2) is 11.4. The van der Waals surface area contributed by atoms with Crippen LogP contribution < -0.4 is 0 Å². The number of carbonyl (C=O) groups excluding carboxylic acids is 1. The summed E-state index contributed by atoms with van der Waals surface area (Å²) in [5, 5.41) is 4.00. The van der Waals surface area contributed by atoms with Gasteiger partial charge >= 0.3 is 0 Å². The standard InChI is InChI=1S/C23H31N3O5/c27-23(22-16-21(31-24-22)17-25-10-12-28-13-11-25)26-8-6-20(7-9-26)30-15-14-29-18-19-4-2-1-3-5-19/h1-5,16,20H,6-15,17-18H2. The van der Waals surface area contributed by atoms with Crippen molar-refractivity contribution in [2.45, 2.75) is 32.1 Å². The number of hydrogen-bond donors (Lipinski definition) is 0. The summed E-state index contributed by atoms with van der Waals surface area (Å²) < 4.78 is 22.3. The van der Waals surface area contributed by atoms with E-state index in [-0.39, 0.29) is 12.0 Å². The topological polar surface area (TPSA) is 77.3 Å². The van der Waals surface area contributed by atoms with E-state index in [2.05, 4.69) is 10.1 Å². The first kappa shape index (κ1) is 22.0. The van der Waals surface area contributed by atoms with Gasteiger partial charge in [0.15, 0.2) is 11.5 Å². The fourth-order valence-corrected chi connectivity index (χ4v) is 3.89. The van der Waals surface area contributed by atoms with Crippen molar-refractivity contribution in [2.24, 2.45) is 0 Å². The predicted molar refractivity (Wildman–Crippen MR) is 114 cm³/mol. The number of piperidine rings is 1. The lowest BCUT2D eigenvalue weighted by Crippen LogP contribution is -2.41. The summed E-state index contributed by atoms with van der Waals surface area (Å²) in [6.45, 7) is 6.93. The monoisotopic (exact) mass is 429 g/mol. The number of ether oxygens (including phenoxy) is 3. The summed E-state index contributed by atoms with van der Waals surface area (Å²) >= 11 is 0. The first-order valence-electron chi connectivity index (χ1n) is 11.1. The Labute approximate surface area is 183 Å². The van der Waals surface area contributed by atoms with Crippen LogP contribution in [0, 0.1) is 0 Å². The lowest BCUT2D eigenvalue weighted by atomic mass is 10.1. The molecule has 2 aromatic rings. The fraction of sp³-hybridized carbons (Fsp3) is 0.565. The van der Waals surface area contributed by atoms with Gasteiger partial charge in [-0.15, -0.1) is 0 Å². The van der Waals surface area contributed by atoms with Gasteiger partial charge in [-0.25, -0.2) is 0 Å². The van der Waals surface area contributed by atoms with Crippen LogP contribution in [0.25, 0.3) is 0 Å². The Morgan fingerprint density at radius 2 is 1.84 bits per heavy atom. The first-order chi connectivity index (χ1) is 15.3. The van der Waals surface area contributed by atoms with E-state index in [0.29, 0.717) is 45.1 Å². The molecular weight excluding hydrogens is 398 g/mol. The van der Waals surface area contributed by atoms with Crippen molar-refractivity contribution in [3.05, 3.63) is 53.4 Å². The maximum absolute atomic E-state index is 12.8. The molecule has 3 heterocycles. The maximum Gasteiger partial charge on any atom is 0.276 e. The van der Waals surface area contributed by atoms with Crippen LogP contribution in [0.2, 0.25) is 0 Å². The van der Waals surface area contributed by atoms with Crippen LogP contribution in [0.5, 0.6) is 0 Å². The first-order valence-corrected chi connectivity index (χ1v) is 11.1. The number of hydrogen-bond acceptors (Lipinski definition) is 7. The van der Waals surface area contributed by atoms with E-state index in [1.54, 1.807) is 6.07 Å². The molecule has 0 unspecified atom stereocenters. The number of carbonyl (C=O) groups is 1.